The summed E-state index contributed by atoms with van der Waals surface area (Å²) < 4.78 is 11.2. The minimum atomic E-state index is -0.456. The molecule has 3 nitrogen and oxygen atoms in total. The first-order valence-electron chi connectivity index (χ1n) is 4.93. The Morgan fingerprint density at radius 3 is 3.08 bits per heavy atom. The van der Waals surface area contributed by atoms with E-state index in [2.05, 4.69) is 6.92 Å². The normalized spacial score (nSPS) is 46.9. The van der Waals surface area contributed by atoms with Crippen LogP contribution < -0.4 is 0 Å². The summed E-state index contributed by atoms with van der Waals surface area (Å²) in [4.78, 5) is 0. The van der Waals surface area contributed by atoms with Gasteiger partial charge in [0.05, 0.1) is 31.0 Å². The van der Waals surface area contributed by atoms with Gasteiger partial charge >= 0.3 is 0 Å². The van der Waals surface area contributed by atoms with Gasteiger partial charge in [-0.3, -0.25) is 0 Å². The molecular formula is C10H16O3. The molecular weight excluding hydrogens is 168 g/mol. The average Bonchev–Trinajstić information content (AvgIpc) is 2.59. The van der Waals surface area contributed by atoms with Crippen LogP contribution >= 0.6 is 0 Å². The van der Waals surface area contributed by atoms with Crippen LogP contribution in [0.4, 0.5) is 0 Å². The van der Waals surface area contributed by atoms with E-state index in [1.807, 2.05) is 6.08 Å². The number of ether oxygens (including phenoxy) is 2. The maximum atomic E-state index is 9.65. The second-order valence-electron chi connectivity index (χ2n) is 3.69. The zero-order valence-electron chi connectivity index (χ0n) is 7.85. The Kier molecular flexibility index (Phi) is 2.67. The molecule has 0 radical (unpaired) electrons. The van der Waals surface area contributed by atoms with Crippen LogP contribution in [-0.2, 0) is 9.47 Å². The molecule has 2 heterocycles. The highest BCUT2D eigenvalue weighted by molar-refractivity contribution is 5.01. The van der Waals surface area contributed by atoms with Gasteiger partial charge in [0, 0.05) is 6.42 Å². The Morgan fingerprint density at radius 2 is 2.31 bits per heavy atom. The van der Waals surface area contributed by atoms with E-state index in [0.29, 0.717) is 6.61 Å². The first-order valence-corrected chi connectivity index (χ1v) is 4.93. The lowest BCUT2D eigenvalue weighted by atomic mass is 10.1. The topological polar surface area (TPSA) is 38.7 Å². The molecule has 0 aliphatic carbocycles. The van der Waals surface area contributed by atoms with Crippen LogP contribution in [0.2, 0.25) is 0 Å². The Bertz CT molecular complexity index is 202. The van der Waals surface area contributed by atoms with Crippen molar-refractivity contribution in [3.05, 3.63) is 12.2 Å². The molecule has 2 rings (SSSR count). The third-order valence-corrected chi connectivity index (χ3v) is 2.66. The summed E-state index contributed by atoms with van der Waals surface area (Å²) in [5.41, 5.74) is 0. The zero-order valence-corrected chi connectivity index (χ0v) is 7.85. The average molecular weight is 184 g/mol. The molecule has 74 valence electrons. The molecule has 0 saturated carbocycles. The zero-order chi connectivity index (χ0) is 9.26. The van der Waals surface area contributed by atoms with Gasteiger partial charge in [0.15, 0.2) is 0 Å². The number of hydrogen-bond acceptors (Lipinski definition) is 3. The molecule has 0 aromatic carbocycles. The summed E-state index contributed by atoms with van der Waals surface area (Å²) >= 11 is 0. The van der Waals surface area contributed by atoms with Crippen molar-refractivity contribution in [2.24, 2.45) is 0 Å². The maximum absolute atomic E-state index is 9.65. The predicted molar refractivity (Wildman–Crippen MR) is 48.5 cm³/mol. The Balaban J connectivity index is 2.09. The van der Waals surface area contributed by atoms with E-state index >= 15 is 0 Å². The molecule has 0 spiro atoms. The summed E-state index contributed by atoms with van der Waals surface area (Å²) in [7, 11) is 0. The van der Waals surface area contributed by atoms with Crippen LogP contribution in [0.15, 0.2) is 12.2 Å². The fourth-order valence-electron chi connectivity index (χ4n) is 1.85. The first-order chi connectivity index (χ1) is 6.29. The molecule has 0 aromatic heterocycles. The minimum Gasteiger partial charge on any atom is -0.386 e. The van der Waals surface area contributed by atoms with Crippen molar-refractivity contribution < 1.29 is 14.6 Å². The highest BCUT2D eigenvalue weighted by Crippen LogP contribution is 2.24. The molecule has 1 saturated heterocycles. The lowest BCUT2D eigenvalue weighted by Gasteiger charge is -2.21. The van der Waals surface area contributed by atoms with Crippen molar-refractivity contribution in [1.82, 2.24) is 0 Å². The quantitative estimate of drug-likeness (QED) is 0.614. The van der Waals surface area contributed by atoms with Crippen LogP contribution in [-0.4, -0.2) is 36.1 Å². The van der Waals surface area contributed by atoms with E-state index < -0.39 is 6.10 Å². The number of fused-ring (bicyclic) bond motifs is 2. The van der Waals surface area contributed by atoms with Gasteiger partial charge in [-0.1, -0.05) is 19.1 Å². The Labute approximate surface area is 78.3 Å². The van der Waals surface area contributed by atoms with E-state index in [1.54, 1.807) is 6.08 Å². The van der Waals surface area contributed by atoms with E-state index in [1.165, 1.54) is 0 Å². The monoisotopic (exact) mass is 184 g/mol. The summed E-state index contributed by atoms with van der Waals surface area (Å²) in [6, 6.07) is 0. The Hall–Kier alpha value is -0.380. The van der Waals surface area contributed by atoms with Crippen LogP contribution in [0.1, 0.15) is 19.8 Å². The van der Waals surface area contributed by atoms with E-state index in [9.17, 15) is 5.11 Å². The van der Waals surface area contributed by atoms with Crippen molar-refractivity contribution in [3.63, 3.8) is 0 Å². The second-order valence-corrected chi connectivity index (χ2v) is 3.69. The highest BCUT2D eigenvalue weighted by Gasteiger charge is 2.32. The van der Waals surface area contributed by atoms with Crippen molar-refractivity contribution in [3.8, 4) is 0 Å². The molecule has 3 heteroatoms. The molecule has 13 heavy (non-hydrogen) atoms. The van der Waals surface area contributed by atoms with Crippen LogP contribution in [0.5, 0.6) is 0 Å². The van der Waals surface area contributed by atoms with Crippen LogP contribution in [0.25, 0.3) is 0 Å². The number of hydrogen-bond donors (Lipinski definition) is 1. The van der Waals surface area contributed by atoms with Gasteiger partial charge in [-0.2, -0.15) is 0 Å². The molecule has 2 aliphatic heterocycles. The number of aliphatic hydroxyl groups is 1. The molecule has 0 amide bonds. The van der Waals surface area contributed by atoms with Gasteiger partial charge in [0.2, 0.25) is 0 Å². The third kappa shape index (κ3) is 1.93. The molecule has 1 fully saturated rings. The summed E-state index contributed by atoms with van der Waals surface area (Å²) in [5.74, 6) is 0. The Morgan fingerprint density at radius 1 is 1.46 bits per heavy atom. The SMILES string of the molecule is CCC1/C=C\C(O)C2CC(CO2)O1. The standard InChI is InChI=1S/C10H16O3/c1-2-7-3-4-9(11)10-5-8(13-7)6-12-10/h3-4,7-11H,2,5-6H2,1H3/b4-3-. The smallest absolute Gasteiger partial charge is 0.0984 e. The first kappa shape index (κ1) is 9.19. The fraction of sp³-hybridized carbons (Fsp3) is 0.800. The second kappa shape index (κ2) is 3.78. The van der Waals surface area contributed by atoms with Crippen LogP contribution in [0.3, 0.4) is 0 Å². The number of rotatable bonds is 1. The summed E-state index contributed by atoms with van der Waals surface area (Å²) in [5, 5.41) is 9.65. The minimum absolute atomic E-state index is 0.0564. The van der Waals surface area contributed by atoms with Gasteiger partial charge in [-0.15, -0.1) is 0 Å². The largest absolute Gasteiger partial charge is 0.386 e. The molecule has 2 bridgehead atoms. The third-order valence-electron chi connectivity index (χ3n) is 2.66. The summed E-state index contributed by atoms with van der Waals surface area (Å²) in [6.45, 7) is 2.70. The van der Waals surface area contributed by atoms with Crippen molar-refractivity contribution in [1.29, 1.82) is 0 Å². The van der Waals surface area contributed by atoms with E-state index in [4.69, 9.17) is 9.47 Å². The number of aliphatic hydroxyl groups excluding tert-OH is 1. The van der Waals surface area contributed by atoms with E-state index in [0.717, 1.165) is 12.8 Å². The molecule has 4 atom stereocenters. The predicted octanol–water partition coefficient (Wildman–Crippen LogP) is 0.870. The van der Waals surface area contributed by atoms with Crippen molar-refractivity contribution >= 4 is 0 Å². The van der Waals surface area contributed by atoms with E-state index in [-0.39, 0.29) is 18.3 Å². The maximum Gasteiger partial charge on any atom is 0.0984 e. The fourth-order valence-corrected chi connectivity index (χ4v) is 1.85. The molecule has 0 aromatic rings. The van der Waals surface area contributed by atoms with Crippen molar-refractivity contribution in [2.45, 2.75) is 44.2 Å². The lowest BCUT2D eigenvalue weighted by molar-refractivity contribution is 0.00254. The van der Waals surface area contributed by atoms with Gasteiger partial charge in [0.1, 0.15) is 0 Å². The molecule has 1 N–H and O–H groups in total. The van der Waals surface area contributed by atoms with Gasteiger partial charge in [-0.05, 0) is 6.42 Å². The van der Waals surface area contributed by atoms with Crippen molar-refractivity contribution in [2.75, 3.05) is 6.61 Å². The highest BCUT2D eigenvalue weighted by atomic mass is 16.6. The molecule has 2 aliphatic rings. The van der Waals surface area contributed by atoms with Gasteiger partial charge < -0.3 is 14.6 Å². The van der Waals surface area contributed by atoms with Crippen LogP contribution in [0, 0.1) is 0 Å². The van der Waals surface area contributed by atoms with Gasteiger partial charge in [0.25, 0.3) is 0 Å². The summed E-state index contributed by atoms with van der Waals surface area (Å²) in [6.07, 6.45) is 5.31. The van der Waals surface area contributed by atoms with Gasteiger partial charge in [-0.25, -0.2) is 0 Å². The molecule has 4 unspecified atom stereocenters. The lowest BCUT2D eigenvalue weighted by Crippen LogP contribution is -2.28.